The average molecular weight is 287 g/mol. The maximum absolute atomic E-state index is 9.92. The van der Waals surface area contributed by atoms with E-state index in [1.807, 2.05) is 38.1 Å². The normalized spacial score (nSPS) is 19.4. The van der Waals surface area contributed by atoms with Crippen LogP contribution < -0.4 is 4.90 Å². The maximum Gasteiger partial charge on any atom is 0.165 e. The summed E-state index contributed by atoms with van der Waals surface area (Å²) in [6.45, 7) is 5.87. The van der Waals surface area contributed by atoms with Crippen molar-refractivity contribution in [2.45, 2.75) is 40.0 Å². The van der Waals surface area contributed by atoms with E-state index in [0.29, 0.717) is 17.3 Å². The number of allylic oxidation sites excluding steroid dienone is 4. The summed E-state index contributed by atoms with van der Waals surface area (Å²) in [7, 11) is 4.02. The van der Waals surface area contributed by atoms with Crippen molar-refractivity contribution in [3.63, 3.8) is 0 Å². The Labute approximate surface area is 127 Å². The fourth-order valence-corrected chi connectivity index (χ4v) is 2.78. The summed E-state index contributed by atoms with van der Waals surface area (Å²) in [6.07, 6.45) is 6.97. The molecule has 1 aromatic rings. The summed E-state index contributed by atoms with van der Waals surface area (Å²) in [5.41, 5.74) is 3.09. The quantitative estimate of drug-likeness (QED) is 0.682. The van der Waals surface area contributed by atoms with Gasteiger partial charge in [0.25, 0.3) is 0 Å². The molecule has 0 aliphatic heterocycles. The molecule has 1 aliphatic rings. The summed E-state index contributed by atoms with van der Waals surface area (Å²) in [5.74, 6) is 2.50. The summed E-state index contributed by atoms with van der Waals surface area (Å²) in [5, 5.41) is 9.92. The van der Waals surface area contributed by atoms with Crippen molar-refractivity contribution >= 4 is 11.4 Å². The lowest BCUT2D eigenvalue weighted by molar-refractivity contribution is 0.417. The molecule has 1 atom stereocenters. The van der Waals surface area contributed by atoms with Crippen LogP contribution in [-0.2, 0) is 12.8 Å². The highest BCUT2D eigenvalue weighted by atomic mass is 16.3. The van der Waals surface area contributed by atoms with Crippen molar-refractivity contribution < 1.29 is 5.11 Å². The van der Waals surface area contributed by atoms with Crippen LogP contribution in [0.15, 0.2) is 17.9 Å². The van der Waals surface area contributed by atoms with Crippen molar-refractivity contribution in [3.8, 4) is 0 Å². The Morgan fingerprint density at radius 3 is 2.62 bits per heavy atom. The first kappa shape index (κ1) is 15.5. The van der Waals surface area contributed by atoms with Crippen LogP contribution in [0.25, 0.3) is 5.57 Å². The van der Waals surface area contributed by atoms with Gasteiger partial charge in [0, 0.05) is 19.7 Å². The van der Waals surface area contributed by atoms with E-state index in [0.717, 1.165) is 24.4 Å². The van der Waals surface area contributed by atoms with E-state index < -0.39 is 0 Å². The predicted octanol–water partition coefficient (Wildman–Crippen LogP) is 3.53. The van der Waals surface area contributed by atoms with Crippen LogP contribution in [-0.4, -0.2) is 29.2 Å². The van der Waals surface area contributed by atoms with Crippen LogP contribution in [0, 0.1) is 5.92 Å². The molecule has 0 saturated carbocycles. The average Bonchev–Trinajstić information content (AvgIpc) is 2.42. The van der Waals surface area contributed by atoms with Crippen LogP contribution >= 0.6 is 0 Å². The Hall–Kier alpha value is -1.84. The molecule has 0 bridgehead atoms. The third kappa shape index (κ3) is 3.26. The van der Waals surface area contributed by atoms with E-state index in [2.05, 4.69) is 6.92 Å². The lowest BCUT2D eigenvalue weighted by atomic mass is 9.88. The molecule has 0 spiro atoms. The Bertz CT molecular complexity index is 584. The van der Waals surface area contributed by atoms with Crippen LogP contribution in [0.5, 0.6) is 0 Å². The molecule has 0 radical (unpaired) electrons. The van der Waals surface area contributed by atoms with E-state index in [1.165, 1.54) is 12.0 Å². The highest BCUT2D eigenvalue weighted by molar-refractivity contribution is 5.72. The summed E-state index contributed by atoms with van der Waals surface area (Å²) < 4.78 is 0. The number of fused-ring (bicyclic) bond motifs is 1. The fourth-order valence-electron chi connectivity index (χ4n) is 2.78. The highest BCUT2D eigenvalue weighted by Crippen LogP contribution is 2.31. The molecule has 1 heterocycles. The van der Waals surface area contributed by atoms with Crippen molar-refractivity contribution in [3.05, 3.63) is 35.0 Å². The molecular formula is C17H25N3O. The minimum absolute atomic E-state index is 0.251. The molecule has 1 N–H and O–H groups in total. The largest absolute Gasteiger partial charge is 0.512 e. The molecule has 4 nitrogen and oxygen atoms in total. The molecular weight excluding hydrogens is 262 g/mol. The zero-order valence-electron chi connectivity index (χ0n) is 13.6. The maximum atomic E-state index is 9.92. The molecule has 1 aromatic heterocycles. The second kappa shape index (κ2) is 6.29. The molecule has 114 valence electrons. The van der Waals surface area contributed by atoms with E-state index in [1.54, 1.807) is 6.92 Å². The third-order valence-electron chi connectivity index (χ3n) is 3.89. The van der Waals surface area contributed by atoms with Crippen molar-refractivity contribution in [2.24, 2.45) is 5.92 Å². The van der Waals surface area contributed by atoms with Crippen molar-refractivity contribution in [1.29, 1.82) is 0 Å². The standard InChI is InChI=1S/C17H25N3O/c1-6-7-13(12(3)21)16-18-15-10-11(2)8-9-14(15)17(19-16)20(4)5/h6-7,11,21H,8-10H2,1-5H3/b7-6-,13-12-. The van der Waals surface area contributed by atoms with Gasteiger partial charge in [-0.25, -0.2) is 9.97 Å². The SMILES string of the molecule is C/C=C\C(=C(/C)O)c1nc2c(c(N(C)C)n1)CCC(C)C2. The van der Waals surface area contributed by atoms with Crippen molar-refractivity contribution in [1.82, 2.24) is 9.97 Å². The van der Waals surface area contributed by atoms with Gasteiger partial charge in [-0.1, -0.05) is 19.1 Å². The van der Waals surface area contributed by atoms with Gasteiger partial charge in [-0.2, -0.15) is 0 Å². The van der Waals surface area contributed by atoms with E-state index in [9.17, 15) is 5.11 Å². The Morgan fingerprint density at radius 1 is 1.33 bits per heavy atom. The molecule has 21 heavy (non-hydrogen) atoms. The monoisotopic (exact) mass is 287 g/mol. The number of aliphatic hydroxyl groups is 1. The number of hydrogen-bond donors (Lipinski definition) is 1. The Balaban J connectivity index is 2.61. The van der Waals surface area contributed by atoms with Crippen LogP contribution in [0.1, 0.15) is 44.3 Å². The van der Waals surface area contributed by atoms with Gasteiger partial charge in [-0.3, -0.25) is 0 Å². The number of aliphatic hydroxyl groups excluding tert-OH is 1. The van der Waals surface area contributed by atoms with E-state index in [-0.39, 0.29) is 5.76 Å². The van der Waals surface area contributed by atoms with Gasteiger partial charge >= 0.3 is 0 Å². The molecule has 0 amide bonds. The zero-order valence-corrected chi connectivity index (χ0v) is 13.6. The van der Waals surface area contributed by atoms with Crippen LogP contribution in [0.3, 0.4) is 0 Å². The molecule has 1 aliphatic carbocycles. The molecule has 4 heteroatoms. The highest BCUT2D eigenvalue weighted by Gasteiger charge is 2.23. The number of hydrogen-bond acceptors (Lipinski definition) is 4. The van der Waals surface area contributed by atoms with Gasteiger partial charge in [0.1, 0.15) is 11.6 Å². The van der Waals surface area contributed by atoms with Crippen LogP contribution in [0.2, 0.25) is 0 Å². The third-order valence-corrected chi connectivity index (χ3v) is 3.89. The number of nitrogens with zero attached hydrogens (tertiary/aromatic N) is 3. The summed E-state index contributed by atoms with van der Waals surface area (Å²) in [4.78, 5) is 11.5. The number of rotatable bonds is 3. The second-order valence-corrected chi connectivity index (χ2v) is 6.04. The van der Waals surface area contributed by atoms with Gasteiger partial charge in [0.05, 0.1) is 11.3 Å². The topological polar surface area (TPSA) is 49.3 Å². The second-order valence-electron chi connectivity index (χ2n) is 6.04. The fraction of sp³-hybridized carbons (Fsp3) is 0.529. The Morgan fingerprint density at radius 2 is 2.05 bits per heavy atom. The zero-order chi connectivity index (χ0) is 15.6. The van der Waals surface area contributed by atoms with Gasteiger partial charge in [0.15, 0.2) is 5.82 Å². The van der Waals surface area contributed by atoms with E-state index in [4.69, 9.17) is 9.97 Å². The van der Waals surface area contributed by atoms with E-state index >= 15 is 0 Å². The van der Waals surface area contributed by atoms with Gasteiger partial charge < -0.3 is 10.0 Å². The minimum atomic E-state index is 0.251. The number of anilines is 1. The lowest BCUT2D eigenvalue weighted by Gasteiger charge is -2.26. The molecule has 1 unspecified atom stereocenters. The molecule has 0 saturated heterocycles. The molecule has 0 aromatic carbocycles. The van der Waals surface area contributed by atoms with Gasteiger partial charge in [-0.05, 0) is 39.0 Å². The minimum Gasteiger partial charge on any atom is -0.512 e. The summed E-state index contributed by atoms with van der Waals surface area (Å²) in [6, 6.07) is 0. The first-order valence-corrected chi connectivity index (χ1v) is 7.54. The smallest absolute Gasteiger partial charge is 0.165 e. The first-order valence-electron chi connectivity index (χ1n) is 7.54. The summed E-state index contributed by atoms with van der Waals surface area (Å²) >= 11 is 0. The lowest BCUT2D eigenvalue weighted by Crippen LogP contribution is -2.22. The Kier molecular flexibility index (Phi) is 4.66. The predicted molar refractivity (Wildman–Crippen MR) is 87.6 cm³/mol. The van der Waals surface area contributed by atoms with Crippen molar-refractivity contribution in [2.75, 3.05) is 19.0 Å². The number of aromatic nitrogens is 2. The first-order chi connectivity index (χ1) is 9.93. The van der Waals surface area contributed by atoms with Gasteiger partial charge in [-0.15, -0.1) is 0 Å². The molecule has 0 fully saturated rings. The van der Waals surface area contributed by atoms with Gasteiger partial charge in [0.2, 0.25) is 0 Å². The molecule has 2 rings (SSSR count). The van der Waals surface area contributed by atoms with Crippen LogP contribution in [0.4, 0.5) is 5.82 Å².